The Hall–Kier alpha value is -2.88. The molecule has 142 valence electrons. The highest BCUT2D eigenvalue weighted by Crippen LogP contribution is 2.36. The zero-order chi connectivity index (χ0) is 19.4. The minimum absolute atomic E-state index is 0.0257. The summed E-state index contributed by atoms with van der Waals surface area (Å²) >= 11 is -0.279. The van der Waals surface area contributed by atoms with Gasteiger partial charge in [-0.1, -0.05) is 12.1 Å². The van der Waals surface area contributed by atoms with Gasteiger partial charge >= 0.3 is 5.51 Å². The number of hydrogen-bond donors (Lipinski definition) is 2. The van der Waals surface area contributed by atoms with Crippen molar-refractivity contribution in [1.82, 2.24) is 10.9 Å². The molecule has 1 heterocycles. The van der Waals surface area contributed by atoms with Gasteiger partial charge in [0, 0.05) is 10.5 Å². The zero-order valence-corrected chi connectivity index (χ0v) is 14.4. The van der Waals surface area contributed by atoms with Gasteiger partial charge in [0.25, 0.3) is 11.8 Å². The maximum absolute atomic E-state index is 12.3. The van der Waals surface area contributed by atoms with Crippen LogP contribution in [0, 0.1) is 0 Å². The molecule has 2 amide bonds. The SMILES string of the molecule is O=C(NNC(=O)[C@@H]1COc2ccccc2O1)c1ccc(SC(F)(F)F)cc1. The monoisotopic (exact) mass is 398 g/mol. The highest BCUT2D eigenvalue weighted by atomic mass is 32.2. The predicted molar refractivity (Wildman–Crippen MR) is 90.3 cm³/mol. The average Bonchev–Trinajstić information content (AvgIpc) is 2.64. The Labute approximate surface area is 156 Å². The molecule has 6 nitrogen and oxygen atoms in total. The number of alkyl halides is 3. The summed E-state index contributed by atoms with van der Waals surface area (Å²) in [6.45, 7) is -0.0257. The van der Waals surface area contributed by atoms with Crippen LogP contribution in [0.4, 0.5) is 13.2 Å². The number of nitrogens with one attached hydrogen (secondary N) is 2. The third kappa shape index (κ3) is 5.07. The van der Waals surface area contributed by atoms with Gasteiger partial charge in [-0.05, 0) is 48.2 Å². The summed E-state index contributed by atoms with van der Waals surface area (Å²) in [6, 6.07) is 11.6. The molecule has 0 saturated carbocycles. The summed E-state index contributed by atoms with van der Waals surface area (Å²) in [7, 11) is 0. The van der Waals surface area contributed by atoms with Crippen LogP contribution in [0.1, 0.15) is 10.4 Å². The third-order valence-electron chi connectivity index (χ3n) is 3.45. The van der Waals surface area contributed by atoms with Gasteiger partial charge < -0.3 is 9.47 Å². The molecule has 3 rings (SSSR count). The van der Waals surface area contributed by atoms with Gasteiger partial charge in [0.15, 0.2) is 11.5 Å². The van der Waals surface area contributed by atoms with Crippen LogP contribution >= 0.6 is 11.8 Å². The number of ether oxygens (including phenoxy) is 2. The summed E-state index contributed by atoms with van der Waals surface area (Å²) in [4.78, 5) is 24.0. The Morgan fingerprint density at radius 2 is 1.67 bits per heavy atom. The topological polar surface area (TPSA) is 76.7 Å². The van der Waals surface area contributed by atoms with E-state index < -0.39 is 23.4 Å². The molecular formula is C17H13F3N2O4S. The van der Waals surface area contributed by atoms with Crippen molar-refractivity contribution in [3.8, 4) is 11.5 Å². The number of halogens is 3. The number of carbonyl (C=O) groups is 2. The minimum Gasteiger partial charge on any atom is -0.485 e. The Bertz CT molecular complexity index is 843. The first-order valence-electron chi connectivity index (χ1n) is 7.66. The molecule has 2 N–H and O–H groups in total. The van der Waals surface area contributed by atoms with Crippen LogP contribution in [0.25, 0.3) is 0 Å². The van der Waals surface area contributed by atoms with E-state index in [1.807, 2.05) is 0 Å². The molecule has 0 aliphatic carbocycles. The van der Waals surface area contributed by atoms with Gasteiger partial charge in [0.2, 0.25) is 6.10 Å². The summed E-state index contributed by atoms with van der Waals surface area (Å²) in [5.41, 5.74) is 0.0767. The molecule has 27 heavy (non-hydrogen) atoms. The Morgan fingerprint density at radius 1 is 1.00 bits per heavy atom. The van der Waals surface area contributed by atoms with E-state index >= 15 is 0 Å². The van der Waals surface area contributed by atoms with Crippen LogP contribution in [-0.2, 0) is 4.79 Å². The van der Waals surface area contributed by atoms with Gasteiger partial charge in [-0.25, -0.2) is 0 Å². The molecule has 1 aliphatic rings. The number of thioether (sulfide) groups is 1. The second kappa shape index (κ2) is 7.78. The molecule has 0 saturated heterocycles. The number of carbonyl (C=O) groups excluding carboxylic acids is 2. The van der Waals surface area contributed by atoms with Crippen molar-refractivity contribution in [2.24, 2.45) is 0 Å². The molecule has 0 fully saturated rings. The van der Waals surface area contributed by atoms with Gasteiger partial charge in [-0.15, -0.1) is 0 Å². The molecule has 2 aromatic carbocycles. The normalized spacial score (nSPS) is 15.7. The van der Waals surface area contributed by atoms with Crippen LogP contribution in [0.15, 0.2) is 53.4 Å². The second-order valence-corrected chi connectivity index (χ2v) is 6.52. The van der Waals surface area contributed by atoms with Crippen molar-refractivity contribution in [3.63, 3.8) is 0 Å². The number of hydrazine groups is 1. The van der Waals surface area contributed by atoms with E-state index in [4.69, 9.17) is 9.47 Å². The number of fused-ring (bicyclic) bond motifs is 1. The number of hydrogen-bond acceptors (Lipinski definition) is 5. The summed E-state index contributed by atoms with van der Waals surface area (Å²) < 4.78 is 47.8. The maximum atomic E-state index is 12.3. The van der Waals surface area contributed by atoms with Crippen LogP contribution in [0.3, 0.4) is 0 Å². The molecular weight excluding hydrogens is 385 g/mol. The lowest BCUT2D eigenvalue weighted by Crippen LogP contribution is -2.50. The third-order valence-corrected chi connectivity index (χ3v) is 4.19. The lowest BCUT2D eigenvalue weighted by molar-refractivity contribution is -0.131. The Morgan fingerprint density at radius 3 is 2.33 bits per heavy atom. The van der Waals surface area contributed by atoms with Crippen molar-refractivity contribution >= 4 is 23.6 Å². The van der Waals surface area contributed by atoms with Gasteiger partial charge in [0.1, 0.15) is 6.61 Å². The highest BCUT2D eigenvalue weighted by molar-refractivity contribution is 8.00. The van der Waals surface area contributed by atoms with Crippen LogP contribution in [0.5, 0.6) is 11.5 Å². The van der Waals surface area contributed by atoms with Gasteiger partial charge in [-0.3, -0.25) is 20.4 Å². The Balaban J connectivity index is 1.52. The summed E-state index contributed by atoms with van der Waals surface area (Å²) in [5.74, 6) is -0.374. The van der Waals surface area contributed by atoms with E-state index in [0.29, 0.717) is 11.5 Å². The first-order valence-corrected chi connectivity index (χ1v) is 8.48. The summed E-state index contributed by atoms with van der Waals surface area (Å²) in [5, 5.41) is 0. The fraction of sp³-hybridized carbons (Fsp3) is 0.176. The quantitative estimate of drug-likeness (QED) is 0.614. The van der Waals surface area contributed by atoms with E-state index in [0.717, 1.165) is 0 Å². The molecule has 1 atom stereocenters. The molecule has 0 aromatic heterocycles. The van der Waals surface area contributed by atoms with Crippen LogP contribution in [0.2, 0.25) is 0 Å². The van der Waals surface area contributed by atoms with Crippen molar-refractivity contribution < 1.29 is 32.2 Å². The maximum Gasteiger partial charge on any atom is 0.446 e. The standard InChI is InChI=1S/C17H13F3N2O4S/c18-17(19,20)27-11-7-5-10(6-8-11)15(23)21-22-16(24)14-9-25-12-3-1-2-4-13(12)26-14/h1-8,14H,9H2,(H,21,23)(H,22,24)/t14-/m0/s1. The van der Waals surface area contributed by atoms with E-state index in [-0.39, 0.29) is 28.8 Å². The number of rotatable bonds is 3. The van der Waals surface area contributed by atoms with Gasteiger partial charge in [-0.2, -0.15) is 13.2 Å². The van der Waals surface area contributed by atoms with Crippen molar-refractivity contribution in [3.05, 3.63) is 54.1 Å². The lowest BCUT2D eigenvalue weighted by Gasteiger charge is -2.25. The highest BCUT2D eigenvalue weighted by Gasteiger charge is 2.29. The molecule has 0 spiro atoms. The molecule has 1 aliphatic heterocycles. The molecule has 0 radical (unpaired) electrons. The minimum atomic E-state index is -4.40. The van der Waals surface area contributed by atoms with Crippen LogP contribution < -0.4 is 20.3 Å². The van der Waals surface area contributed by atoms with Crippen molar-refractivity contribution in [2.45, 2.75) is 16.5 Å². The largest absolute Gasteiger partial charge is 0.485 e. The fourth-order valence-electron chi connectivity index (χ4n) is 2.23. The average molecular weight is 398 g/mol. The van der Waals surface area contributed by atoms with E-state index in [2.05, 4.69) is 10.9 Å². The molecule has 2 aromatic rings. The molecule has 10 heteroatoms. The number of benzene rings is 2. The second-order valence-electron chi connectivity index (χ2n) is 5.38. The van der Waals surface area contributed by atoms with E-state index in [1.165, 1.54) is 24.3 Å². The zero-order valence-electron chi connectivity index (χ0n) is 13.6. The fourth-order valence-corrected chi connectivity index (χ4v) is 2.77. The van der Waals surface area contributed by atoms with E-state index in [9.17, 15) is 22.8 Å². The van der Waals surface area contributed by atoms with Gasteiger partial charge in [0.05, 0.1) is 0 Å². The molecule has 0 unspecified atom stereocenters. The number of amides is 2. The van der Waals surface area contributed by atoms with Crippen molar-refractivity contribution in [2.75, 3.05) is 6.61 Å². The first-order chi connectivity index (χ1) is 12.8. The summed E-state index contributed by atoms with van der Waals surface area (Å²) in [6.07, 6.45) is -0.953. The van der Waals surface area contributed by atoms with Crippen LogP contribution in [-0.4, -0.2) is 30.0 Å². The number of para-hydroxylation sites is 2. The predicted octanol–water partition coefficient (Wildman–Crippen LogP) is 2.90. The smallest absolute Gasteiger partial charge is 0.446 e. The lowest BCUT2D eigenvalue weighted by atomic mass is 10.2. The molecule has 0 bridgehead atoms. The Kier molecular flexibility index (Phi) is 5.45. The van der Waals surface area contributed by atoms with E-state index in [1.54, 1.807) is 24.3 Å². The first kappa shape index (κ1) is 18.9. The van der Waals surface area contributed by atoms with Crippen molar-refractivity contribution in [1.29, 1.82) is 0 Å².